The molecule has 6 heteroatoms. The van der Waals surface area contributed by atoms with Crippen molar-refractivity contribution in [1.82, 2.24) is 19.4 Å². The predicted octanol–water partition coefficient (Wildman–Crippen LogP) is 0.849. The van der Waals surface area contributed by atoms with Crippen LogP contribution in [0.4, 0.5) is 0 Å². The van der Waals surface area contributed by atoms with Crippen molar-refractivity contribution in [1.29, 1.82) is 0 Å². The van der Waals surface area contributed by atoms with Crippen molar-refractivity contribution in [3.8, 4) is 0 Å². The summed E-state index contributed by atoms with van der Waals surface area (Å²) in [5, 5.41) is 7.09. The second kappa shape index (κ2) is 4.70. The quantitative estimate of drug-likeness (QED) is 0.769. The highest BCUT2D eigenvalue weighted by atomic mass is 32.1. The first kappa shape index (κ1) is 12.4. The fourth-order valence-corrected chi connectivity index (χ4v) is 2.20. The summed E-state index contributed by atoms with van der Waals surface area (Å²) in [5.74, 6) is -0.0479. The largest absolute Gasteiger partial charge is 0.347 e. The molecule has 5 nitrogen and oxygen atoms in total. The topological polar surface area (TPSA) is 50.2 Å². The lowest BCUT2D eigenvalue weighted by molar-refractivity contribution is 0.0874. The normalized spacial score (nSPS) is 20.2. The van der Waals surface area contributed by atoms with Crippen LogP contribution in [-0.4, -0.2) is 38.6 Å². The molecule has 94 valence electrons. The molecule has 0 atom stereocenters. The Labute approximate surface area is 107 Å². The van der Waals surface area contributed by atoms with Gasteiger partial charge in [-0.3, -0.25) is 13.8 Å². The van der Waals surface area contributed by atoms with Crippen LogP contribution in [0.3, 0.4) is 0 Å². The summed E-state index contributed by atoms with van der Waals surface area (Å²) in [4.78, 5) is 12.0. The third-order valence-corrected chi connectivity index (χ3v) is 3.63. The van der Waals surface area contributed by atoms with Crippen molar-refractivity contribution < 1.29 is 4.79 Å². The molecule has 0 unspecified atom stereocenters. The van der Waals surface area contributed by atoms with Crippen molar-refractivity contribution in [3.05, 3.63) is 18.0 Å². The Hall–Kier alpha value is -1.01. The second-order valence-corrected chi connectivity index (χ2v) is 5.44. The monoisotopic (exact) mass is 254 g/mol. The number of carbonyl (C=O) groups is 1. The number of nitrogens with zero attached hydrogens (tertiary/aromatic N) is 3. The zero-order chi connectivity index (χ0) is 12.5. The molecule has 1 aliphatic rings. The van der Waals surface area contributed by atoms with Gasteiger partial charge in [0.2, 0.25) is 0 Å². The van der Waals surface area contributed by atoms with Crippen LogP contribution >= 0.6 is 12.8 Å². The molecule has 1 aliphatic heterocycles. The summed E-state index contributed by atoms with van der Waals surface area (Å²) < 4.78 is 3.62. The van der Waals surface area contributed by atoms with E-state index in [0.717, 1.165) is 25.9 Å². The van der Waals surface area contributed by atoms with E-state index < -0.39 is 0 Å². The fraction of sp³-hybridized carbons (Fsp3) is 0.636. The molecule has 0 spiro atoms. The highest BCUT2D eigenvalue weighted by molar-refractivity contribution is 7.77. The van der Waals surface area contributed by atoms with E-state index in [0.29, 0.717) is 5.56 Å². The van der Waals surface area contributed by atoms with E-state index in [4.69, 9.17) is 0 Å². The molecule has 1 aromatic heterocycles. The molecule has 2 heterocycles. The molecule has 0 saturated carbocycles. The molecular weight excluding hydrogens is 236 g/mol. The van der Waals surface area contributed by atoms with Crippen molar-refractivity contribution >= 4 is 18.7 Å². The predicted molar refractivity (Wildman–Crippen MR) is 68.9 cm³/mol. The maximum atomic E-state index is 12.0. The number of thiol groups is 1. The molecule has 0 radical (unpaired) electrons. The van der Waals surface area contributed by atoms with Gasteiger partial charge in [0.1, 0.15) is 0 Å². The summed E-state index contributed by atoms with van der Waals surface area (Å²) in [6.07, 6.45) is 5.16. The molecule has 0 aliphatic carbocycles. The SMILES string of the molecule is Cn1cc(C(=O)NC2(C)CCN(S)CC2)cn1. The number of amides is 1. The van der Waals surface area contributed by atoms with E-state index in [9.17, 15) is 4.79 Å². The lowest BCUT2D eigenvalue weighted by atomic mass is 9.90. The minimum atomic E-state index is -0.133. The number of carbonyl (C=O) groups excluding carboxylic acids is 1. The van der Waals surface area contributed by atoms with Crippen LogP contribution in [0.25, 0.3) is 0 Å². The van der Waals surface area contributed by atoms with E-state index in [-0.39, 0.29) is 11.4 Å². The number of aromatic nitrogens is 2. The van der Waals surface area contributed by atoms with Gasteiger partial charge in [0, 0.05) is 31.9 Å². The Balaban J connectivity index is 1.98. The van der Waals surface area contributed by atoms with Crippen LogP contribution in [0.2, 0.25) is 0 Å². The van der Waals surface area contributed by atoms with Crippen molar-refractivity contribution in [2.75, 3.05) is 13.1 Å². The summed E-state index contributed by atoms with van der Waals surface area (Å²) in [6.45, 7) is 3.88. The number of nitrogens with one attached hydrogen (secondary N) is 1. The highest BCUT2D eigenvalue weighted by Crippen LogP contribution is 2.22. The third-order valence-electron chi connectivity index (χ3n) is 3.23. The number of aryl methyl sites for hydroxylation is 1. The highest BCUT2D eigenvalue weighted by Gasteiger charge is 2.31. The van der Waals surface area contributed by atoms with E-state index in [1.54, 1.807) is 24.1 Å². The summed E-state index contributed by atoms with van der Waals surface area (Å²) in [6, 6.07) is 0. The van der Waals surface area contributed by atoms with Crippen molar-refractivity contribution in [2.45, 2.75) is 25.3 Å². The number of piperidine rings is 1. The smallest absolute Gasteiger partial charge is 0.254 e. The Morgan fingerprint density at radius 2 is 2.18 bits per heavy atom. The van der Waals surface area contributed by atoms with Gasteiger partial charge in [-0.1, -0.05) is 12.8 Å². The molecule has 1 aromatic rings. The first-order chi connectivity index (χ1) is 7.98. The van der Waals surface area contributed by atoms with Crippen LogP contribution in [0, 0.1) is 0 Å². The summed E-state index contributed by atoms with van der Waals surface area (Å²) in [5.41, 5.74) is 0.480. The average Bonchev–Trinajstić information content (AvgIpc) is 2.70. The Kier molecular flexibility index (Phi) is 3.44. The molecule has 1 amide bonds. The number of hydrogen-bond donors (Lipinski definition) is 2. The van der Waals surface area contributed by atoms with Gasteiger partial charge in [-0.25, -0.2) is 0 Å². The van der Waals surface area contributed by atoms with Gasteiger partial charge < -0.3 is 5.32 Å². The Bertz CT molecular complexity index is 409. The summed E-state index contributed by atoms with van der Waals surface area (Å²) in [7, 11) is 1.80. The maximum Gasteiger partial charge on any atom is 0.254 e. The molecule has 0 bridgehead atoms. The average molecular weight is 254 g/mol. The van der Waals surface area contributed by atoms with Crippen LogP contribution in [0.1, 0.15) is 30.1 Å². The van der Waals surface area contributed by atoms with E-state index in [2.05, 4.69) is 30.2 Å². The van der Waals surface area contributed by atoms with Crippen molar-refractivity contribution in [3.63, 3.8) is 0 Å². The molecule has 1 N–H and O–H groups in total. The molecule has 17 heavy (non-hydrogen) atoms. The molecule has 2 rings (SSSR count). The molecule has 1 fully saturated rings. The van der Waals surface area contributed by atoms with Crippen LogP contribution in [0.5, 0.6) is 0 Å². The van der Waals surface area contributed by atoms with Gasteiger partial charge >= 0.3 is 0 Å². The zero-order valence-electron chi connectivity index (χ0n) is 10.2. The fourth-order valence-electron chi connectivity index (χ4n) is 2.00. The maximum absolute atomic E-state index is 12.0. The molecule has 0 aromatic carbocycles. The second-order valence-electron chi connectivity index (χ2n) is 4.87. The molecular formula is C11H18N4OS. The van der Waals surface area contributed by atoms with Gasteiger partial charge in [0.15, 0.2) is 0 Å². The number of hydrogen-bond acceptors (Lipinski definition) is 4. The lowest BCUT2D eigenvalue weighted by Crippen LogP contribution is -2.51. The van der Waals surface area contributed by atoms with Crippen LogP contribution in [0.15, 0.2) is 12.4 Å². The van der Waals surface area contributed by atoms with Crippen LogP contribution in [-0.2, 0) is 7.05 Å². The lowest BCUT2D eigenvalue weighted by Gasteiger charge is -2.37. The number of rotatable bonds is 2. The minimum Gasteiger partial charge on any atom is -0.347 e. The van der Waals surface area contributed by atoms with E-state index in [1.165, 1.54) is 0 Å². The Morgan fingerprint density at radius 1 is 1.53 bits per heavy atom. The Morgan fingerprint density at radius 3 is 2.71 bits per heavy atom. The van der Waals surface area contributed by atoms with Crippen LogP contribution < -0.4 is 5.32 Å². The van der Waals surface area contributed by atoms with Gasteiger partial charge in [-0.2, -0.15) is 5.10 Å². The van der Waals surface area contributed by atoms with E-state index >= 15 is 0 Å². The standard InChI is InChI=1S/C11H18N4OS/c1-11(3-5-15(17)6-4-11)13-10(16)9-7-12-14(2)8-9/h7-8,17H,3-6H2,1-2H3,(H,13,16). The van der Waals surface area contributed by atoms with Crippen molar-refractivity contribution in [2.24, 2.45) is 7.05 Å². The molecule has 1 saturated heterocycles. The zero-order valence-corrected chi connectivity index (χ0v) is 11.1. The van der Waals surface area contributed by atoms with Gasteiger partial charge in [-0.15, -0.1) is 0 Å². The van der Waals surface area contributed by atoms with Gasteiger partial charge in [0.05, 0.1) is 11.8 Å². The van der Waals surface area contributed by atoms with E-state index in [1.807, 2.05) is 4.31 Å². The third kappa shape index (κ3) is 3.01. The summed E-state index contributed by atoms with van der Waals surface area (Å²) >= 11 is 4.31. The van der Waals surface area contributed by atoms with Gasteiger partial charge in [0.25, 0.3) is 5.91 Å². The van der Waals surface area contributed by atoms with Gasteiger partial charge in [-0.05, 0) is 19.8 Å². The minimum absolute atomic E-state index is 0.0479. The first-order valence-corrected chi connectivity index (χ1v) is 6.13. The first-order valence-electron chi connectivity index (χ1n) is 5.73.